The number of nitriles is 1. The van der Waals surface area contributed by atoms with Crippen LogP contribution in [0.1, 0.15) is 27.7 Å². The van der Waals surface area contributed by atoms with E-state index in [1.165, 1.54) is 0 Å². The quantitative estimate of drug-likeness (QED) is 0.285. The molecule has 1 aromatic carbocycles. The predicted octanol–water partition coefficient (Wildman–Crippen LogP) is 4.27. The number of rotatable bonds is 4. The first-order valence-corrected chi connectivity index (χ1v) is 7.65. The van der Waals surface area contributed by atoms with Gasteiger partial charge in [-0.15, -0.1) is 0 Å². The molecule has 1 unspecified atom stereocenters. The molecule has 0 fully saturated rings. The molecule has 0 aliphatic rings. The second kappa shape index (κ2) is 7.99. The first-order chi connectivity index (χ1) is 10.2. The number of aliphatic imine (C=N–C) groups is 1. The summed E-state index contributed by atoms with van der Waals surface area (Å²) in [5, 5.41) is 14.3. The average Bonchev–Trinajstić information content (AvgIpc) is 2.39. The van der Waals surface area contributed by atoms with E-state index in [0.717, 1.165) is 0 Å². The third-order valence-corrected chi connectivity index (χ3v) is 3.82. The molecule has 0 saturated carbocycles. The Kier molecular flexibility index (Phi) is 6.62. The third kappa shape index (κ3) is 6.31. The summed E-state index contributed by atoms with van der Waals surface area (Å²) < 4.78 is 24.5. The summed E-state index contributed by atoms with van der Waals surface area (Å²) >= 11 is 0.491. The van der Waals surface area contributed by atoms with Gasteiger partial charge in [0, 0.05) is 10.6 Å². The van der Waals surface area contributed by atoms with E-state index in [4.69, 9.17) is 5.26 Å². The minimum atomic E-state index is -2.44. The second-order valence-corrected chi connectivity index (χ2v) is 6.85. The summed E-state index contributed by atoms with van der Waals surface area (Å²) in [5.74, 6) is -2.11. The molecule has 0 aliphatic carbocycles. The Bertz CT molecular complexity index is 544. The Morgan fingerprint density at radius 1 is 1.27 bits per heavy atom. The molecule has 1 aromatic rings. The summed E-state index contributed by atoms with van der Waals surface area (Å²) in [6.07, 6.45) is 1.84. The van der Waals surface area contributed by atoms with Crippen molar-refractivity contribution >= 4 is 23.4 Å². The summed E-state index contributed by atoms with van der Waals surface area (Å²) in [6.45, 7) is 8.13. The van der Waals surface area contributed by atoms with Crippen molar-refractivity contribution < 1.29 is 8.78 Å². The highest BCUT2D eigenvalue weighted by molar-refractivity contribution is 7.99. The van der Waals surface area contributed by atoms with Gasteiger partial charge in [-0.2, -0.15) is 14.0 Å². The normalized spacial score (nSPS) is 13.6. The third-order valence-electron chi connectivity index (χ3n) is 3.09. The van der Waals surface area contributed by atoms with E-state index in [2.05, 4.69) is 36.4 Å². The Morgan fingerprint density at radius 3 is 2.32 bits per heavy atom. The first-order valence-electron chi connectivity index (χ1n) is 6.77. The number of benzene rings is 1. The van der Waals surface area contributed by atoms with Crippen LogP contribution in [0.2, 0.25) is 0 Å². The van der Waals surface area contributed by atoms with Gasteiger partial charge < -0.3 is 5.32 Å². The van der Waals surface area contributed by atoms with E-state index in [9.17, 15) is 8.78 Å². The van der Waals surface area contributed by atoms with Crippen molar-refractivity contribution in [2.45, 2.75) is 44.4 Å². The lowest BCUT2D eigenvalue weighted by Gasteiger charge is -2.24. The van der Waals surface area contributed by atoms with Crippen LogP contribution in [-0.4, -0.2) is 17.8 Å². The first kappa shape index (κ1) is 18.2. The van der Waals surface area contributed by atoms with Gasteiger partial charge in [-0.3, -0.25) is 5.32 Å². The monoisotopic (exact) mass is 326 g/mol. The fourth-order valence-electron chi connectivity index (χ4n) is 1.39. The Labute approximate surface area is 134 Å². The van der Waals surface area contributed by atoms with Crippen molar-refractivity contribution in [3.05, 3.63) is 24.3 Å². The van der Waals surface area contributed by atoms with Gasteiger partial charge in [0.1, 0.15) is 0 Å². The zero-order valence-corrected chi connectivity index (χ0v) is 13.8. The molecule has 0 spiro atoms. The number of hydrogen-bond acceptors (Lipinski definition) is 3. The zero-order chi connectivity index (χ0) is 16.8. The summed E-state index contributed by atoms with van der Waals surface area (Å²) in [4.78, 5) is 4.93. The van der Waals surface area contributed by atoms with Crippen molar-refractivity contribution in [1.82, 2.24) is 5.32 Å². The number of thioether (sulfide) groups is 1. The van der Waals surface area contributed by atoms with Crippen molar-refractivity contribution in [3.63, 3.8) is 0 Å². The van der Waals surface area contributed by atoms with Gasteiger partial charge in [0.05, 0.1) is 6.04 Å². The van der Waals surface area contributed by atoms with Gasteiger partial charge in [0.2, 0.25) is 5.96 Å². The molecule has 2 N–H and O–H groups in total. The number of nitrogens with one attached hydrogen (secondary N) is 2. The van der Waals surface area contributed by atoms with Gasteiger partial charge in [0.25, 0.3) is 5.76 Å². The van der Waals surface area contributed by atoms with E-state index in [1.807, 2.05) is 13.1 Å². The molecule has 0 saturated heterocycles. The van der Waals surface area contributed by atoms with E-state index in [-0.39, 0.29) is 11.5 Å². The number of alkyl halides is 2. The number of guanidine groups is 1. The molecular weight excluding hydrogens is 306 g/mol. The molecule has 0 heterocycles. The summed E-state index contributed by atoms with van der Waals surface area (Å²) in [7, 11) is 0. The number of halogens is 2. The highest BCUT2D eigenvalue weighted by atomic mass is 32.2. The fraction of sp³-hybridized carbons (Fsp3) is 0.467. The van der Waals surface area contributed by atoms with Crippen molar-refractivity contribution in [3.8, 4) is 6.19 Å². The Balaban J connectivity index is 2.83. The molecule has 1 rings (SSSR count). The van der Waals surface area contributed by atoms with Gasteiger partial charge in [-0.25, -0.2) is 4.99 Å². The van der Waals surface area contributed by atoms with Crippen molar-refractivity contribution in [2.75, 3.05) is 5.32 Å². The number of nitrogens with zero attached hydrogens (tertiary/aromatic N) is 2. The minimum Gasteiger partial charge on any atom is -0.326 e. The van der Waals surface area contributed by atoms with Crippen molar-refractivity contribution in [2.24, 2.45) is 10.4 Å². The molecule has 1 atom stereocenters. The maximum Gasteiger partial charge on any atom is 0.288 e. The molecule has 0 amide bonds. The highest BCUT2D eigenvalue weighted by Crippen LogP contribution is 2.26. The van der Waals surface area contributed by atoms with E-state index < -0.39 is 5.76 Å². The van der Waals surface area contributed by atoms with Crippen LogP contribution in [0, 0.1) is 16.9 Å². The van der Waals surface area contributed by atoms with Gasteiger partial charge >= 0.3 is 0 Å². The maximum atomic E-state index is 12.3. The molecule has 0 aromatic heterocycles. The van der Waals surface area contributed by atoms with Crippen LogP contribution >= 0.6 is 11.8 Å². The number of hydrogen-bond donors (Lipinski definition) is 2. The highest BCUT2D eigenvalue weighted by Gasteiger charge is 2.20. The van der Waals surface area contributed by atoms with Crippen LogP contribution in [0.3, 0.4) is 0 Å². The standard InChI is InChI=1S/C15H20F2N4S/c1-10(15(2,3)4)20-14(19-9-18)21-11-5-7-12(8-6-11)22-13(16)17/h5-8,10,13H,1-4H3,(H2,19,20,21). The molecule has 120 valence electrons. The van der Waals surface area contributed by atoms with Crippen molar-refractivity contribution in [1.29, 1.82) is 5.26 Å². The molecule has 0 radical (unpaired) electrons. The fourth-order valence-corrected chi connectivity index (χ4v) is 1.89. The molecule has 7 heteroatoms. The maximum absolute atomic E-state index is 12.3. The van der Waals surface area contributed by atoms with E-state index >= 15 is 0 Å². The Hall–Kier alpha value is -1.81. The second-order valence-electron chi connectivity index (χ2n) is 5.78. The van der Waals surface area contributed by atoms with Crippen LogP contribution in [0.5, 0.6) is 0 Å². The van der Waals surface area contributed by atoms with Crippen LogP contribution in [0.15, 0.2) is 34.2 Å². The Morgan fingerprint density at radius 2 is 1.86 bits per heavy atom. The summed E-state index contributed by atoms with van der Waals surface area (Å²) in [6, 6.07) is 6.51. The molecule has 22 heavy (non-hydrogen) atoms. The lowest BCUT2D eigenvalue weighted by molar-refractivity contribution is 0.252. The van der Waals surface area contributed by atoms with E-state index in [1.54, 1.807) is 24.3 Å². The minimum absolute atomic E-state index is 0.00971. The van der Waals surface area contributed by atoms with Crippen LogP contribution < -0.4 is 10.6 Å². The lowest BCUT2D eigenvalue weighted by atomic mass is 9.88. The van der Waals surface area contributed by atoms with Gasteiger partial charge in [-0.05, 0) is 36.6 Å². The average molecular weight is 326 g/mol. The molecular formula is C15H20F2N4S. The SMILES string of the molecule is CC(N=C(NC#N)Nc1ccc(SC(F)F)cc1)C(C)(C)C. The molecule has 0 bridgehead atoms. The largest absolute Gasteiger partial charge is 0.326 e. The molecule has 0 aliphatic heterocycles. The van der Waals surface area contributed by atoms with Gasteiger partial charge in [0.15, 0.2) is 6.19 Å². The number of anilines is 1. The predicted molar refractivity (Wildman–Crippen MR) is 87.0 cm³/mol. The lowest BCUT2D eigenvalue weighted by Crippen LogP contribution is -2.31. The zero-order valence-electron chi connectivity index (χ0n) is 13.0. The van der Waals surface area contributed by atoms with E-state index in [0.29, 0.717) is 28.3 Å². The van der Waals surface area contributed by atoms with Gasteiger partial charge in [-0.1, -0.05) is 32.5 Å². The topological polar surface area (TPSA) is 60.2 Å². The van der Waals surface area contributed by atoms with Crippen LogP contribution in [0.4, 0.5) is 14.5 Å². The molecule has 4 nitrogen and oxygen atoms in total. The van der Waals surface area contributed by atoms with Crippen LogP contribution in [0.25, 0.3) is 0 Å². The smallest absolute Gasteiger partial charge is 0.288 e. The summed E-state index contributed by atoms with van der Waals surface area (Å²) in [5.41, 5.74) is 0.628. The van der Waals surface area contributed by atoms with Crippen LogP contribution in [-0.2, 0) is 0 Å².